The molecule has 5 heteroatoms. The number of hydrogen-bond donors (Lipinski definition) is 2. The van der Waals surface area contributed by atoms with Gasteiger partial charge in [0.05, 0.1) is 5.56 Å². The molecular formula is C6H4ClNO3. The Kier molecular flexibility index (Phi) is 1.96. The summed E-state index contributed by atoms with van der Waals surface area (Å²) in [6.07, 6.45) is 1.00. The second kappa shape index (κ2) is 2.75. The van der Waals surface area contributed by atoms with Gasteiger partial charge in [-0.1, -0.05) is 0 Å². The number of hydrogen-bond acceptors (Lipinski definition) is 4. The number of pyridine rings is 1. The van der Waals surface area contributed by atoms with Crippen LogP contribution in [0, 0.1) is 0 Å². The summed E-state index contributed by atoms with van der Waals surface area (Å²) in [5, 5.41) is 16.8. The van der Waals surface area contributed by atoms with Crippen LogP contribution in [0.3, 0.4) is 0 Å². The Morgan fingerprint density at radius 2 is 2.18 bits per heavy atom. The fourth-order valence-corrected chi connectivity index (χ4v) is 0.731. The summed E-state index contributed by atoms with van der Waals surface area (Å²) in [6, 6.07) is 0.940. The number of nitrogens with zero attached hydrogens (tertiary/aromatic N) is 1. The van der Waals surface area contributed by atoms with Crippen molar-refractivity contribution in [3.63, 3.8) is 0 Å². The number of aromatic hydroxyl groups is 2. The second-order valence-corrected chi connectivity index (χ2v) is 2.18. The zero-order valence-electron chi connectivity index (χ0n) is 5.28. The molecule has 1 heterocycles. The molecule has 0 saturated carbocycles. The Hall–Kier alpha value is -1.29. The highest BCUT2D eigenvalue weighted by atomic mass is 35.5. The van der Waals surface area contributed by atoms with E-state index in [1.807, 2.05) is 0 Å². The molecule has 0 unspecified atom stereocenters. The van der Waals surface area contributed by atoms with E-state index in [-0.39, 0.29) is 17.2 Å². The van der Waals surface area contributed by atoms with Crippen molar-refractivity contribution in [2.24, 2.45) is 0 Å². The molecule has 0 saturated heterocycles. The van der Waals surface area contributed by atoms with Gasteiger partial charge in [-0.15, -0.1) is 0 Å². The number of aromatic nitrogens is 1. The lowest BCUT2D eigenvalue weighted by Gasteiger charge is -1.96. The van der Waals surface area contributed by atoms with E-state index in [1.54, 1.807) is 0 Å². The minimum Gasteiger partial charge on any atom is -0.507 e. The maximum absolute atomic E-state index is 10.5. The van der Waals surface area contributed by atoms with Crippen molar-refractivity contribution in [2.45, 2.75) is 0 Å². The van der Waals surface area contributed by atoms with Gasteiger partial charge in [-0.3, -0.25) is 4.79 Å². The van der Waals surface area contributed by atoms with Gasteiger partial charge in [-0.25, -0.2) is 4.98 Å². The van der Waals surface area contributed by atoms with E-state index in [9.17, 15) is 4.79 Å². The van der Waals surface area contributed by atoms with Gasteiger partial charge in [0.25, 0.3) is 5.24 Å². The molecule has 0 amide bonds. The summed E-state index contributed by atoms with van der Waals surface area (Å²) >= 11 is 5.04. The molecule has 11 heavy (non-hydrogen) atoms. The highest BCUT2D eigenvalue weighted by Crippen LogP contribution is 2.20. The van der Waals surface area contributed by atoms with Crippen molar-refractivity contribution in [3.8, 4) is 11.6 Å². The van der Waals surface area contributed by atoms with E-state index in [0.717, 1.165) is 12.3 Å². The average Bonchev–Trinajstić information content (AvgIpc) is 1.85. The third-order valence-electron chi connectivity index (χ3n) is 1.08. The molecule has 0 aliphatic heterocycles. The van der Waals surface area contributed by atoms with Gasteiger partial charge in [-0.2, -0.15) is 0 Å². The first-order valence-corrected chi connectivity index (χ1v) is 3.07. The number of carbonyl (C=O) groups is 1. The van der Waals surface area contributed by atoms with Crippen molar-refractivity contribution in [1.82, 2.24) is 4.98 Å². The maximum Gasteiger partial charge on any atom is 0.257 e. The summed E-state index contributed by atoms with van der Waals surface area (Å²) in [7, 11) is 0. The standard InChI is InChI=1S/C6H4ClNO3/c7-6(11)3-2-8-5(10)1-4(3)9/h1-2H,(H2,8,9,10). The van der Waals surface area contributed by atoms with Gasteiger partial charge in [0.1, 0.15) is 5.75 Å². The van der Waals surface area contributed by atoms with Crippen LogP contribution in [0.25, 0.3) is 0 Å². The molecule has 1 aromatic rings. The van der Waals surface area contributed by atoms with Crippen LogP contribution in [0.4, 0.5) is 0 Å². The minimum absolute atomic E-state index is 0.121. The normalized spacial score (nSPS) is 9.55. The molecule has 0 bridgehead atoms. The van der Waals surface area contributed by atoms with E-state index >= 15 is 0 Å². The second-order valence-electron chi connectivity index (χ2n) is 1.83. The molecule has 0 spiro atoms. The lowest BCUT2D eigenvalue weighted by Crippen LogP contribution is -1.90. The van der Waals surface area contributed by atoms with E-state index < -0.39 is 5.24 Å². The number of halogens is 1. The summed E-state index contributed by atoms with van der Waals surface area (Å²) in [6.45, 7) is 0. The number of carbonyl (C=O) groups excluding carboxylic acids is 1. The monoisotopic (exact) mass is 173 g/mol. The molecular weight excluding hydrogens is 170 g/mol. The van der Waals surface area contributed by atoms with Crippen LogP contribution in [0.5, 0.6) is 11.6 Å². The SMILES string of the molecule is O=C(Cl)c1cnc(O)cc1O. The third-order valence-corrected chi connectivity index (χ3v) is 1.28. The van der Waals surface area contributed by atoms with Gasteiger partial charge in [0.2, 0.25) is 5.88 Å². The van der Waals surface area contributed by atoms with E-state index in [0.29, 0.717) is 0 Å². The van der Waals surface area contributed by atoms with Crippen LogP contribution >= 0.6 is 11.6 Å². The third kappa shape index (κ3) is 1.59. The van der Waals surface area contributed by atoms with E-state index in [4.69, 9.17) is 21.8 Å². The lowest BCUT2D eigenvalue weighted by molar-refractivity contribution is 0.107. The topological polar surface area (TPSA) is 70.4 Å². The Labute approximate surface area is 67.1 Å². The van der Waals surface area contributed by atoms with E-state index in [1.165, 1.54) is 0 Å². The molecule has 0 aliphatic carbocycles. The maximum atomic E-state index is 10.5. The van der Waals surface area contributed by atoms with Crippen LogP contribution < -0.4 is 0 Å². The first kappa shape index (κ1) is 7.81. The fourth-order valence-electron chi connectivity index (χ4n) is 0.586. The molecule has 0 fully saturated rings. The zero-order valence-corrected chi connectivity index (χ0v) is 6.04. The Morgan fingerprint density at radius 3 is 2.64 bits per heavy atom. The zero-order chi connectivity index (χ0) is 8.43. The Morgan fingerprint density at radius 1 is 1.55 bits per heavy atom. The molecule has 1 rings (SSSR count). The first-order chi connectivity index (χ1) is 5.11. The van der Waals surface area contributed by atoms with Crippen LogP contribution in [-0.2, 0) is 0 Å². The lowest BCUT2D eigenvalue weighted by atomic mass is 10.3. The van der Waals surface area contributed by atoms with Crippen LogP contribution in [0.1, 0.15) is 10.4 Å². The average molecular weight is 174 g/mol. The van der Waals surface area contributed by atoms with Gasteiger partial charge >= 0.3 is 0 Å². The summed E-state index contributed by atoms with van der Waals surface area (Å²) in [5.41, 5.74) is -0.121. The summed E-state index contributed by atoms with van der Waals surface area (Å²) < 4.78 is 0. The van der Waals surface area contributed by atoms with Crippen molar-refractivity contribution in [2.75, 3.05) is 0 Å². The van der Waals surface area contributed by atoms with Crippen molar-refractivity contribution >= 4 is 16.8 Å². The summed E-state index contributed by atoms with van der Waals surface area (Å²) in [5.74, 6) is -0.735. The number of rotatable bonds is 1. The highest BCUT2D eigenvalue weighted by Gasteiger charge is 2.08. The minimum atomic E-state index is -0.810. The summed E-state index contributed by atoms with van der Waals surface area (Å²) in [4.78, 5) is 13.8. The Bertz CT molecular complexity index is 300. The van der Waals surface area contributed by atoms with E-state index in [2.05, 4.69) is 4.98 Å². The van der Waals surface area contributed by atoms with Crippen molar-refractivity contribution < 1.29 is 15.0 Å². The van der Waals surface area contributed by atoms with Crippen molar-refractivity contribution in [3.05, 3.63) is 17.8 Å². The molecule has 0 aromatic carbocycles. The fraction of sp³-hybridized carbons (Fsp3) is 0. The van der Waals surface area contributed by atoms with Gasteiger partial charge in [0, 0.05) is 12.3 Å². The van der Waals surface area contributed by atoms with Crippen LogP contribution in [-0.4, -0.2) is 20.4 Å². The van der Waals surface area contributed by atoms with Crippen LogP contribution in [0.15, 0.2) is 12.3 Å². The highest BCUT2D eigenvalue weighted by molar-refractivity contribution is 6.68. The van der Waals surface area contributed by atoms with Gasteiger partial charge < -0.3 is 10.2 Å². The molecule has 0 aliphatic rings. The molecule has 4 nitrogen and oxygen atoms in total. The van der Waals surface area contributed by atoms with Gasteiger partial charge in [-0.05, 0) is 11.6 Å². The van der Waals surface area contributed by atoms with Crippen LogP contribution in [0.2, 0.25) is 0 Å². The largest absolute Gasteiger partial charge is 0.507 e. The molecule has 2 N–H and O–H groups in total. The smallest absolute Gasteiger partial charge is 0.257 e. The van der Waals surface area contributed by atoms with Gasteiger partial charge in [0.15, 0.2) is 0 Å². The molecule has 1 aromatic heterocycles. The first-order valence-electron chi connectivity index (χ1n) is 2.69. The predicted octanol–water partition coefficient (Wildman–Crippen LogP) is 0.872. The molecule has 58 valence electrons. The molecule has 0 radical (unpaired) electrons. The molecule has 0 atom stereocenters. The van der Waals surface area contributed by atoms with Crippen molar-refractivity contribution in [1.29, 1.82) is 0 Å². The predicted molar refractivity (Wildman–Crippen MR) is 37.8 cm³/mol. The Balaban J connectivity index is 3.20. The quantitative estimate of drug-likeness (QED) is 0.619.